The molecule has 0 N–H and O–H groups in total. The maximum Gasteiger partial charge on any atom is 0.226 e. The molecule has 1 saturated carbocycles. The van der Waals surface area contributed by atoms with Gasteiger partial charge in [-0.15, -0.1) is 0 Å². The fraction of sp³-hybridized carbons (Fsp3) is 0.600. The van der Waals surface area contributed by atoms with Crippen molar-refractivity contribution in [3.05, 3.63) is 41.7 Å². The summed E-state index contributed by atoms with van der Waals surface area (Å²) >= 11 is 0. The van der Waals surface area contributed by atoms with Crippen LogP contribution in [0.15, 0.2) is 36.2 Å². The van der Waals surface area contributed by atoms with Crippen LogP contribution in [0, 0.1) is 28.6 Å². The number of aromatic nitrogens is 1. The van der Waals surface area contributed by atoms with Crippen LogP contribution in [-0.2, 0) is 4.79 Å². The second-order valence-corrected chi connectivity index (χ2v) is 9.97. The highest BCUT2D eigenvalue weighted by atomic mass is 16.5. The third kappa shape index (κ3) is 2.57. The Balaban J connectivity index is 1.46. The molecule has 0 bridgehead atoms. The highest BCUT2D eigenvalue weighted by Gasteiger charge is 2.57. The number of carbonyl (C=O) groups excluding carboxylic acids is 1. The van der Waals surface area contributed by atoms with Crippen LogP contribution in [0.3, 0.4) is 0 Å². The molecule has 5 rings (SSSR count). The zero-order chi connectivity index (χ0) is 20.4. The van der Waals surface area contributed by atoms with E-state index >= 15 is 0 Å². The van der Waals surface area contributed by atoms with Gasteiger partial charge >= 0.3 is 0 Å². The minimum absolute atomic E-state index is 0.150. The van der Waals surface area contributed by atoms with E-state index in [1.807, 2.05) is 24.2 Å². The first-order chi connectivity index (χ1) is 13.9. The molecule has 29 heavy (non-hydrogen) atoms. The number of rotatable bonds is 2. The molecule has 1 amide bonds. The molecule has 1 aromatic heterocycles. The summed E-state index contributed by atoms with van der Waals surface area (Å²) in [7, 11) is 3.64. The lowest BCUT2D eigenvalue weighted by molar-refractivity contribution is -0.135. The van der Waals surface area contributed by atoms with Crippen molar-refractivity contribution < 1.29 is 9.53 Å². The Morgan fingerprint density at radius 3 is 2.66 bits per heavy atom. The van der Waals surface area contributed by atoms with Gasteiger partial charge in [-0.1, -0.05) is 26.0 Å². The van der Waals surface area contributed by atoms with Gasteiger partial charge in [0.05, 0.1) is 7.11 Å². The molecule has 1 saturated heterocycles. The first-order valence-corrected chi connectivity index (χ1v) is 11.1. The van der Waals surface area contributed by atoms with Gasteiger partial charge in [0.1, 0.15) is 0 Å². The van der Waals surface area contributed by atoms with E-state index in [1.165, 1.54) is 29.7 Å². The Kier molecular flexibility index (Phi) is 4.20. The topological polar surface area (TPSA) is 42.4 Å². The first-order valence-electron chi connectivity index (χ1n) is 11.1. The van der Waals surface area contributed by atoms with E-state index in [0.717, 1.165) is 19.3 Å². The van der Waals surface area contributed by atoms with Gasteiger partial charge in [-0.05, 0) is 72.5 Å². The van der Waals surface area contributed by atoms with E-state index in [0.29, 0.717) is 30.1 Å². The predicted octanol–water partition coefficient (Wildman–Crippen LogP) is 5.07. The van der Waals surface area contributed by atoms with Gasteiger partial charge in [-0.3, -0.25) is 4.79 Å². The number of piperidine rings is 1. The third-order valence-electron chi connectivity index (χ3n) is 8.85. The fourth-order valence-electron chi connectivity index (χ4n) is 7.26. The smallest absolute Gasteiger partial charge is 0.226 e. The molecular formula is C25H32N2O2. The van der Waals surface area contributed by atoms with E-state index < -0.39 is 0 Å². The molecule has 4 heteroatoms. The Bertz CT molecular complexity index is 902. The number of pyridine rings is 1. The Hall–Kier alpha value is -2.10. The molecule has 154 valence electrons. The van der Waals surface area contributed by atoms with Crippen molar-refractivity contribution in [3.63, 3.8) is 0 Å². The summed E-state index contributed by atoms with van der Waals surface area (Å²) in [5, 5.41) is 0. The average Bonchev–Trinajstić information content (AvgIpc) is 3.08. The molecule has 5 unspecified atom stereocenters. The van der Waals surface area contributed by atoms with Gasteiger partial charge < -0.3 is 9.64 Å². The number of nitrogens with zero attached hydrogens (tertiary/aromatic N) is 2. The van der Waals surface area contributed by atoms with Crippen molar-refractivity contribution in [2.75, 3.05) is 14.2 Å². The van der Waals surface area contributed by atoms with E-state index in [-0.39, 0.29) is 16.7 Å². The van der Waals surface area contributed by atoms with E-state index in [4.69, 9.17) is 4.74 Å². The number of hydrogen-bond donors (Lipinski definition) is 0. The second-order valence-electron chi connectivity index (χ2n) is 9.97. The van der Waals surface area contributed by atoms with Crippen LogP contribution in [0.5, 0.6) is 5.88 Å². The lowest BCUT2D eigenvalue weighted by Crippen LogP contribution is -2.53. The lowest BCUT2D eigenvalue weighted by atomic mass is 9.49. The van der Waals surface area contributed by atoms with Gasteiger partial charge in [-0.2, -0.15) is 0 Å². The maximum absolute atomic E-state index is 12.3. The van der Waals surface area contributed by atoms with Crippen LogP contribution >= 0.6 is 0 Å². The van der Waals surface area contributed by atoms with Crippen molar-refractivity contribution in [1.29, 1.82) is 0 Å². The Labute approximate surface area is 174 Å². The number of likely N-dealkylation sites (tertiary alicyclic amines) is 1. The van der Waals surface area contributed by atoms with Gasteiger partial charge in [0.2, 0.25) is 11.8 Å². The molecular weight excluding hydrogens is 360 g/mol. The van der Waals surface area contributed by atoms with Crippen molar-refractivity contribution >= 4 is 11.5 Å². The SMILES string of the molecule is COc1ccc(C2=CCC3C4CC=C5N(C)C(=O)CCC5(C)C4CCC23C)cn1. The molecule has 1 aromatic rings. The van der Waals surface area contributed by atoms with Crippen LogP contribution < -0.4 is 4.74 Å². The summed E-state index contributed by atoms with van der Waals surface area (Å²) in [6.07, 6.45) is 13.3. The summed E-state index contributed by atoms with van der Waals surface area (Å²) in [5.41, 5.74) is 4.39. The third-order valence-corrected chi connectivity index (χ3v) is 8.85. The fourth-order valence-corrected chi connectivity index (χ4v) is 7.26. The van der Waals surface area contributed by atoms with Crippen molar-refractivity contribution in [2.24, 2.45) is 28.6 Å². The Morgan fingerprint density at radius 1 is 1.10 bits per heavy atom. The molecule has 2 fully saturated rings. The molecule has 0 radical (unpaired) electrons. The van der Waals surface area contributed by atoms with Gasteiger partial charge in [0.25, 0.3) is 0 Å². The molecule has 3 aliphatic carbocycles. The normalized spacial score (nSPS) is 38.6. The van der Waals surface area contributed by atoms with Gasteiger partial charge in [0, 0.05) is 36.8 Å². The number of ether oxygens (including phenoxy) is 1. The van der Waals surface area contributed by atoms with Crippen LogP contribution in [0.4, 0.5) is 0 Å². The molecule has 2 heterocycles. The summed E-state index contributed by atoms with van der Waals surface area (Å²) in [5.74, 6) is 3.01. The lowest BCUT2D eigenvalue weighted by Gasteiger charge is -2.58. The number of allylic oxidation sites excluding steroid dienone is 4. The molecule has 4 aliphatic rings. The van der Waals surface area contributed by atoms with E-state index in [2.05, 4.69) is 37.0 Å². The number of carbonyl (C=O) groups is 1. The number of fused-ring (bicyclic) bond motifs is 5. The zero-order valence-electron chi connectivity index (χ0n) is 18.1. The summed E-state index contributed by atoms with van der Waals surface area (Å²) in [6, 6.07) is 4.14. The van der Waals surface area contributed by atoms with Crippen LogP contribution in [0.25, 0.3) is 5.57 Å². The molecule has 5 atom stereocenters. The maximum atomic E-state index is 12.3. The molecule has 4 nitrogen and oxygen atoms in total. The van der Waals surface area contributed by atoms with Gasteiger partial charge in [-0.25, -0.2) is 4.98 Å². The quantitative estimate of drug-likeness (QED) is 0.705. The van der Waals surface area contributed by atoms with Gasteiger partial charge in [0.15, 0.2) is 0 Å². The average molecular weight is 393 g/mol. The summed E-state index contributed by atoms with van der Waals surface area (Å²) in [6.45, 7) is 4.91. The summed E-state index contributed by atoms with van der Waals surface area (Å²) in [4.78, 5) is 18.7. The Morgan fingerprint density at radius 2 is 1.93 bits per heavy atom. The second kappa shape index (κ2) is 6.45. The number of amides is 1. The standard InChI is InChI=1S/C25H32N2O2/c1-24-13-11-20-17(6-9-21-25(20,2)14-12-23(28)27(21)3)19(24)8-7-18(24)16-5-10-22(29-4)26-15-16/h5,7,9-10,15,17,19-20H,6,8,11-14H2,1-4H3. The van der Waals surface area contributed by atoms with Crippen LogP contribution in [0.1, 0.15) is 57.9 Å². The minimum atomic E-state index is 0.150. The van der Waals surface area contributed by atoms with Crippen molar-refractivity contribution in [1.82, 2.24) is 9.88 Å². The largest absolute Gasteiger partial charge is 0.481 e. The number of hydrogen-bond acceptors (Lipinski definition) is 3. The monoisotopic (exact) mass is 392 g/mol. The molecule has 0 spiro atoms. The highest BCUT2D eigenvalue weighted by Crippen LogP contribution is 2.65. The zero-order valence-corrected chi connectivity index (χ0v) is 18.1. The summed E-state index contributed by atoms with van der Waals surface area (Å²) < 4.78 is 5.25. The van der Waals surface area contributed by atoms with E-state index in [1.54, 1.807) is 7.11 Å². The molecule has 0 aromatic carbocycles. The molecule has 1 aliphatic heterocycles. The van der Waals surface area contributed by atoms with Crippen LogP contribution in [-0.4, -0.2) is 29.9 Å². The minimum Gasteiger partial charge on any atom is -0.481 e. The van der Waals surface area contributed by atoms with Crippen molar-refractivity contribution in [3.8, 4) is 5.88 Å². The van der Waals surface area contributed by atoms with E-state index in [9.17, 15) is 4.79 Å². The number of methoxy groups -OCH3 is 1. The first kappa shape index (κ1) is 18.9. The van der Waals surface area contributed by atoms with Crippen LogP contribution in [0.2, 0.25) is 0 Å². The highest BCUT2D eigenvalue weighted by molar-refractivity contribution is 5.79. The predicted molar refractivity (Wildman–Crippen MR) is 114 cm³/mol. The van der Waals surface area contributed by atoms with Crippen molar-refractivity contribution in [2.45, 2.75) is 52.4 Å².